The molecule has 3 saturated carbocycles. The third-order valence-electron chi connectivity index (χ3n) is 8.15. The van der Waals surface area contributed by atoms with Crippen LogP contribution in [0.5, 0.6) is 0 Å². The summed E-state index contributed by atoms with van der Waals surface area (Å²) >= 11 is 0. The lowest BCUT2D eigenvalue weighted by molar-refractivity contribution is -0.0402. The smallest absolute Gasteiger partial charge is 0.116 e. The molecular weight excluding hydrogens is 277 g/mol. The van der Waals surface area contributed by atoms with Crippen molar-refractivity contribution in [3.05, 3.63) is 11.6 Å². The highest BCUT2D eigenvalue weighted by Gasteiger charge is 2.60. The van der Waals surface area contributed by atoms with E-state index >= 15 is 0 Å². The van der Waals surface area contributed by atoms with Gasteiger partial charge in [-0.2, -0.15) is 0 Å². The Bertz CT molecular complexity index is 506. The van der Waals surface area contributed by atoms with Crippen molar-refractivity contribution < 1.29 is 9.50 Å². The quantitative estimate of drug-likeness (QED) is 0.672. The molecular formula is C19H30FNO. The van der Waals surface area contributed by atoms with E-state index < -0.39 is 6.17 Å². The van der Waals surface area contributed by atoms with Gasteiger partial charge in [-0.3, -0.25) is 0 Å². The van der Waals surface area contributed by atoms with Gasteiger partial charge in [-0.25, -0.2) is 4.39 Å². The van der Waals surface area contributed by atoms with Crippen molar-refractivity contribution >= 4 is 0 Å². The van der Waals surface area contributed by atoms with Gasteiger partial charge in [0.1, 0.15) is 6.17 Å². The lowest BCUT2D eigenvalue weighted by atomic mass is 9.48. The number of fused-ring (bicyclic) bond motifs is 5. The fraction of sp³-hybridized carbons (Fsp3) is 0.895. The number of rotatable bonds is 0. The molecule has 8 atom stereocenters. The van der Waals surface area contributed by atoms with Crippen molar-refractivity contribution in [2.24, 2.45) is 34.3 Å². The third kappa shape index (κ3) is 1.84. The summed E-state index contributed by atoms with van der Waals surface area (Å²) < 4.78 is 14.3. The van der Waals surface area contributed by atoms with Gasteiger partial charge in [0, 0.05) is 6.04 Å². The monoisotopic (exact) mass is 307 g/mol. The average Bonchev–Trinajstić information content (AvgIpc) is 2.72. The molecule has 0 bridgehead atoms. The highest BCUT2D eigenvalue weighted by molar-refractivity contribution is 5.25. The van der Waals surface area contributed by atoms with Gasteiger partial charge < -0.3 is 10.8 Å². The summed E-state index contributed by atoms with van der Waals surface area (Å²) in [6, 6.07) is -0.273. The SMILES string of the molecule is C[C@]12CCC(O)CC1=CC[C@@H]1[C@H]2CC[C@]2(C)C(N)C(F)C[C@@H]12. The molecule has 0 radical (unpaired) electrons. The van der Waals surface area contributed by atoms with Gasteiger partial charge in [0.2, 0.25) is 0 Å². The molecule has 22 heavy (non-hydrogen) atoms. The van der Waals surface area contributed by atoms with Crippen molar-refractivity contribution in [3.8, 4) is 0 Å². The van der Waals surface area contributed by atoms with E-state index in [0.29, 0.717) is 24.2 Å². The van der Waals surface area contributed by atoms with Crippen LogP contribution >= 0.6 is 0 Å². The maximum absolute atomic E-state index is 14.3. The summed E-state index contributed by atoms with van der Waals surface area (Å²) in [6.07, 6.45) is 8.29. The summed E-state index contributed by atoms with van der Waals surface area (Å²) in [5.41, 5.74) is 7.96. The molecule has 0 aliphatic heterocycles. The third-order valence-corrected chi connectivity index (χ3v) is 8.15. The fourth-order valence-electron chi connectivity index (χ4n) is 6.65. The van der Waals surface area contributed by atoms with Gasteiger partial charge in [0.05, 0.1) is 6.10 Å². The van der Waals surface area contributed by atoms with Gasteiger partial charge in [-0.15, -0.1) is 0 Å². The van der Waals surface area contributed by atoms with Crippen molar-refractivity contribution in [2.75, 3.05) is 0 Å². The highest BCUT2D eigenvalue weighted by Crippen LogP contribution is 2.64. The molecule has 4 rings (SSSR count). The predicted octanol–water partition coefficient (Wildman–Crippen LogP) is 3.59. The Morgan fingerprint density at radius 3 is 2.77 bits per heavy atom. The molecule has 0 aromatic heterocycles. The van der Waals surface area contributed by atoms with Gasteiger partial charge in [-0.05, 0) is 73.5 Å². The first-order chi connectivity index (χ1) is 10.4. The predicted molar refractivity (Wildman–Crippen MR) is 86.0 cm³/mol. The van der Waals surface area contributed by atoms with Crippen molar-refractivity contribution in [2.45, 2.75) is 77.1 Å². The van der Waals surface area contributed by atoms with Gasteiger partial charge in [0.15, 0.2) is 0 Å². The van der Waals surface area contributed by atoms with Gasteiger partial charge in [0.25, 0.3) is 0 Å². The standard InChI is InChI=1S/C19H30FNO/c1-18-7-5-12(22)9-11(18)3-4-13-14(18)6-8-19(2)15(13)10-16(20)17(19)21/h3,12-17,22H,4-10,21H2,1-2H3/t12?,13-,14-,15+,16?,17?,18+,19+/m1/s1. The van der Waals surface area contributed by atoms with Crippen LogP contribution in [-0.2, 0) is 0 Å². The number of halogens is 1. The number of hydrogen-bond donors (Lipinski definition) is 2. The normalized spacial score (nSPS) is 57.6. The molecule has 4 aliphatic carbocycles. The maximum atomic E-state index is 14.3. The average molecular weight is 307 g/mol. The number of aliphatic hydroxyl groups is 1. The molecule has 0 amide bonds. The van der Waals surface area contributed by atoms with E-state index in [-0.39, 0.29) is 23.0 Å². The van der Waals surface area contributed by atoms with Crippen LogP contribution in [0.25, 0.3) is 0 Å². The summed E-state index contributed by atoms with van der Waals surface area (Å²) in [4.78, 5) is 0. The van der Waals surface area contributed by atoms with Crippen LogP contribution in [0.2, 0.25) is 0 Å². The molecule has 2 nitrogen and oxygen atoms in total. The van der Waals surface area contributed by atoms with Crippen LogP contribution in [0.4, 0.5) is 4.39 Å². The summed E-state index contributed by atoms with van der Waals surface area (Å²) in [5.74, 6) is 1.70. The number of aliphatic hydroxyl groups excluding tert-OH is 1. The Labute approximate surface area is 133 Å². The minimum atomic E-state index is -0.819. The number of nitrogens with two attached hydrogens (primary N) is 1. The second-order valence-electron chi connectivity index (χ2n) is 8.98. The van der Waals surface area contributed by atoms with Gasteiger partial charge >= 0.3 is 0 Å². The molecule has 0 saturated heterocycles. The topological polar surface area (TPSA) is 46.2 Å². The van der Waals surface area contributed by atoms with Crippen LogP contribution in [0.1, 0.15) is 58.8 Å². The molecule has 124 valence electrons. The lowest BCUT2D eigenvalue weighted by Gasteiger charge is -2.57. The summed E-state index contributed by atoms with van der Waals surface area (Å²) in [5, 5.41) is 10.0. The van der Waals surface area contributed by atoms with E-state index in [1.54, 1.807) is 0 Å². The molecule has 0 aromatic carbocycles. The van der Waals surface area contributed by atoms with Crippen LogP contribution in [-0.4, -0.2) is 23.4 Å². The molecule has 3 heteroatoms. The zero-order valence-electron chi connectivity index (χ0n) is 13.9. The fourth-order valence-corrected chi connectivity index (χ4v) is 6.65. The summed E-state index contributed by atoms with van der Waals surface area (Å²) in [7, 11) is 0. The van der Waals surface area contributed by atoms with Crippen LogP contribution in [0.15, 0.2) is 11.6 Å². The highest BCUT2D eigenvalue weighted by atomic mass is 19.1. The van der Waals surface area contributed by atoms with Crippen LogP contribution in [0, 0.1) is 28.6 Å². The largest absolute Gasteiger partial charge is 0.393 e. The Hall–Kier alpha value is -0.410. The molecule has 3 N–H and O–H groups in total. The van der Waals surface area contributed by atoms with Crippen LogP contribution < -0.4 is 5.73 Å². The van der Waals surface area contributed by atoms with E-state index in [2.05, 4.69) is 19.9 Å². The first kappa shape index (κ1) is 15.1. The molecule has 0 spiro atoms. The molecule has 0 aromatic rings. The van der Waals surface area contributed by atoms with E-state index in [0.717, 1.165) is 32.1 Å². The number of allylic oxidation sites excluding steroid dienone is 1. The Kier molecular flexibility index (Phi) is 3.30. The van der Waals surface area contributed by atoms with E-state index in [1.807, 2.05) is 0 Å². The zero-order chi connectivity index (χ0) is 15.7. The molecule has 4 aliphatic rings. The first-order valence-electron chi connectivity index (χ1n) is 9.13. The first-order valence-corrected chi connectivity index (χ1v) is 9.13. The maximum Gasteiger partial charge on any atom is 0.116 e. The van der Waals surface area contributed by atoms with E-state index in [4.69, 9.17) is 5.73 Å². The van der Waals surface area contributed by atoms with E-state index in [1.165, 1.54) is 12.0 Å². The van der Waals surface area contributed by atoms with Gasteiger partial charge in [-0.1, -0.05) is 25.5 Å². The van der Waals surface area contributed by atoms with Crippen LogP contribution in [0.3, 0.4) is 0 Å². The van der Waals surface area contributed by atoms with Crippen molar-refractivity contribution in [3.63, 3.8) is 0 Å². The second-order valence-corrected chi connectivity index (χ2v) is 8.98. The Morgan fingerprint density at radius 2 is 2.00 bits per heavy atom. The van der Waals surface area contributed by atoms with E-state index in [9.17, 15) is 9.50 Å². The summed E-state index contributed by atoms with van der Waals surface area (Å²) in [6.45, 7) is 4.65. The lowest BCUT2D eigenvalue weighted by Crippen LogP contribution is -2.52. The Morgan fingerprint density at radius 1 is 1.23 bits per heavy atom. The molecule has 0 heterocycles. The number of alkyl halides is 1. The molecule has 3 fully saturated rings. The van der Waals surface area contributed by atoms with Crippen molar-refractivity contribution in [1.82, 2.24) is 0 Å². The Balaban J connectivity index is 1.68. The molecule has 3 unspecified atom stereocenters. The minimum Gasteiger partial charge on any atom is -0.393 e. The van der Waals surface area contributed by atoms with Crippen molar-refractivity contribution in [1.29, 1.82) is 0 Å². The number of hydrogen-bond acceptors (Lipinski definition) is 2. The minimum absolute atomic E-state index is 0.00350. The second kappa shape index (κ2) is 4.80. The zero-order valence-corrected chi connectivity index (χ0v) is 13.9.